The molecule has 3 nitrogen and oxygen atoms in total. The maximum absolute atomic E-state index is 12.9. The molecule has 0 spiro atoms. The zero-order valence-electron chi connectivity index (χ0n) is 13.7. The SMILES string of the molecule is O=C(Nc1cc(Br)cc(C(F)(F)F)c1)c1ccc(-c2ccc(O)cc2)cc1. The first-order valence-electron chi connectivity index (χ1n) is 7.81. The lowest BCUT2D eigenvalue weighted by atomic mass is 10.0. The quantitative estimate of drug-likeness (QED) is 0.522. The number of alkyl halides is 3. The maximum Gasteiger partial charge on any atom is 0.416 e. The minimum atomic E-state index is -4.50. The van der Waals surface area contributed by atoms with Crippen LogP contribution in [0.15, 0.2) is 71.2 Å². The predicted molar refractivity (Wildman–Crippen MR) is 101 cm³/mol. The summed E-state index contributed by atoms with van der Waals surface area (Å²) >= 11 is 3.02. The Balaban J connectivity index is 1.79. The number of carbonyl (C=O) groups excluding carboxylic acids is 1. The van der Waals surface area contributed by atoms with Crippen molar-refractivity contribution in [3.05, 3.63) is 82.3 Å². The average molecular weight is 436 g/mol. The first-order valence-corrected chi connectivity index (χ1v) is 8.60. The van der Waals surface area contributed by atoms with E-state index in [9.17, 15) is 23.1 Å². The number of hydrogen-bond acceptors (Lipinski definition) is 2. The van der Waals surface area contributed by atoms with E-state index >= 15 is 0 Å². The predicted octanol–water partition coefficient (Wildman–Crippen LogP) is 6.09. The molecule has 0 aliphatic carbocycles. The van der Waals surface area contributed by atoms with Crippen LogP contribution in [-0.2, 0) is 6.18 Å². The summed E-state index contributed by atoms with van der Waals surface area (Å²) in [4.78, 5) is 12.3. The van der Waals surface area contributed by atoms with E-state index in [0.29, 0.717) is 5.56 Å². The van der Waals surface area contributed by atoms with Gasteiger partial charge in [-0.25, -0.2) is 0 Å². The molecule has 0 heterocycles. The van der Waals surface area contributed by atoms with Gasteiger partial charge in [0.05, 0.1) is 5.56 Å². The Morgan fingerprint density at radius 3 is 2.00 bits per heavy atom. The maximum atomic E-state index is 12.9. The van der Waals surface area contributed by atoms with E-state index in [1.54, 1.807) is 48.5 Å². The second-order valence-electron chi connectivity index (χ2n) is 5.80. The number of hydrogen-bond donors (Lipinski definition) is 2. The Kier molecular flexibility index (Phi) is 5.23. The molecule has 1 amide bonds. The van der Waals surface area contributed by atoms with Crippen molar-refractivity contribution >= 4 is 27.5 Å². The molecule has 0 saturated carbocycles. The van der Waals surface area contributed by atoms with E-state index in [-0.39, 0.29) is 15.9 Å². The third kappa shape index (κ3) is 4.68. The second kappa shape index (κ2) is 7.44. The molecule has 0 saturated heterocycles. The molecule has 2 N–H and O–H groups in total. The Hall–Kier alpha value is -2.80. The summed E-state index contributed by atoms with van der Waals surface area (Å²) in [5.41, 5.74) is 1.21. The summed E-state index contributed by atoms with van der Waals surface area (Å²) in [7, 11) is 0. The standard InChI is InChI=1S/C20H13BrF3NO2/c21-16-9-15(20(22,23)24)10-17(11-16)25-19(27)14-3-1-12(2-4-14)13-5-7-18(26)8-6-13/h1-11,26H,(H,25,27). The molecule has 27 heavy (non-hydrogen) atoms. The topological polar surface area (TPSA) is 49.3 Å². The molecule has 0 aromatic heterocycles. The summed E-state index contributed by atoms with van der Waals surface area (Å²) in [5.74, 6) is -0.361. The smallest absolute Gasteiger partial charge is 0.416 e. The first-order chi connectivity index (χ1) is 12.7. The normalized spacial score (nSPS) is 11.3. The number of nitrogens with one attached hydrogen (secondary N) is 1. The molecule has 3 aromatic rings. The van der Waals surface area contributed by atoms with Crippen LogP contribution in [0.25, 0.3) is 11.1 Å². The van der Waals surface area contributed by atoms with Gasteiger partial charge < -0.3 is 10.4 Å². The van der Waals surface area contributed by atoms with Gasteiger partial charge in [-0.1, -0.05) is 40.2 Å². The highest BCUT2D eigenvalue weighted by molar-refractivity contribution is 9.10. The Morgan fingerprint density at radius 1 is 0.889 bits per heavy atom. The molecule has 138 valence electrons. The van der Waals surface area contributed by atoms with Crippen molar-refractivity contribution in [1.29, 1.82) is 0 Å². The van der Waals surface area contributed by atoms with Crippen molar-refractivity contribution in [2.45, 2.75) is 6.18 Å². The van der Waals surface area contributed by atoms with Gasteiger partial charge in [-0.15, -0.1) is 0 Å². The fourth-order valence-corrected chi connectivity index (χ4v) is 2.99. The van der Waals surface area contributed by atoms with Crippen LogP contribution in [0.5, 0.6) is 5.75 Å². The van der Waals surface area contributed by atoms with Crippen LogP contribution in [0.1, 0.15) is 15.9 Å². The van der Waals surface area contributed by atoms with E-state index < -0.39 is 17.6 Å². The summed E-state index contributed by atoms with van der Waals surface area (Å²) in [5, 5.41) is 11.8. The summed E-state index contributed by atoms with van der Waals surface area (Å²) in [6.45, 7) is 0. The number of amides is 1. The Bertz CT molecular complexity index is 968. The first kappa shape index (κ1) is 19.0. The molecule has 3 rings (SSSR count). The van der Waals surface area contributed by atoms with Gasteiger partial charge in [-0.3, -0.25) is 4.79 Å². The number of phenols is 1. The Morgan fingerprint density at radius 2 is 1.44 bits per heavy atom. The molecule has 0 aliphatic heterocycles. The zero-order valence-corrected chi connectivity index (χ0v) is 15.3. The van der Waals surface area contributed by atoms with Crippen LogP contribution in [-0.4, -0.2) is 11.0 Å². The van der Waals surface area contributed by atoms with Crippen molar-refractivity contribution in [1.82, 2.24) is 0 Å². The van der Waals surface area contributed by atoms with E-state index in [1.165, 1.54) is 6.07 Å². The third-order valence-electron chi connectivity index (χ3n) is 3.83. The number of rotatable bonds is 3. The molecular weight excluding hydrogens is 423 g/mol. The molecule has 3 aromatic carbocycles. The zero-order chi connectivity index (χ0) is 19.6. The molecule has 0 bridgehead atoms. The van der Waals surface area contributed by atoms with Crippen LogP contribution in [0, 0.1) is 0 Å². The van der Waals surface area contributed by atoms with E-state index in [1.807, 2.05) is 0 Å². The van der Waals surface area contributed by atoms with Gasteiger partial charge in [-0.2, -0.15) is 13.2 Å². The summed E-state index contributed by atoms with van der Waals surface area (Å²) < 4.78 is 38.9. The highest BCUT2D eigenvalue weighted by atomic mass is 79.9. The van der Waals surface area contributed by atoms with Gasteiger partial charge in [0.15, 0.2) is 0 Å². The molecule has 0 radical (unpaired) electrons. The van der Waals surface area contributed by atoms with Gasteiger partial charge in [0.1, 0.15) is 5.75 Å². The van der Waals surface area contributed by atoms with Gasteiger partial charge >= 0.3 is 6.18 Å². The third-order valence-corrected chi connectivity index (χ3v) is 4.29. The fraction of sp³-hybridized carbons (Fsp3) is 0.0500. The highest BCUT2D eigenvalue weighted by Crippen LogP contribution is 2.33. The van der Waals surface area contributed by atoms with Gasteiger partial charge in [0, 0.05) is 15.7 Å². The van der Waals surface area contributed by atoms with E-state index in [4.69, 9.17) is 0 Å². The monoisotopic (exact) mass is 435 g/mol. The lowest BCUT2D eigenvalue weighted by Gasteiger charge is -2.11. The minimum absolute atomic E-state index is 0.0457. The number of anilines is 1. The van der Waals surface area contributed by atoms with Gasteiger partial charge in [0.25, 0.3) is 5.91 Å². The van der Waals surface area contributed by atoms with Crippen LogP contribution < -0.4 is 5.32 Å². The number of aromatic hydroxyl groups is 1. The molecule has 0 fully saturated rings. The number of phenolic OH excluding ortho intramolecular Hbond substituents is 1. The number of benzene rings is 3. The number of halogens is 4. The highest BCUT2D eigenvalue weighted by Gasteiger charge is 2.31. The summed E-state index contributed by atoms with van der Waals surface area (Å²) in [6, 6.07) is 16.4. The molecule has 0 aliphatic rings. The van der Waals surface area contributed by atoms with Crippen LogP contribution >= 0.6 is 15.9 Å². The van der Waals surface area contributed by atoms with Crippen molar-refractivity contribution < 1.29 is 23.1 Å². The van der Waals surface area contributed by atoms with Crippen molar-refractivity contribution in [2.24, 2.45) is 0 Å². The van der Waals surface area contributed by atoms with Crippen molar-refractivity contribution in [3.63, 3.8) is 0 Å². The molecule has 0 unspecified atom stereocenters. The van der Waals surface area contributed by atoms with Crippen LogP contribution in [0.3, 0.4) is 0 Å². The molecular formula is C20H13BrF3NO2. The number of carbonyl (C=O) groups is 1. The van der Waals surface area contributed by atoms with Crippen LogP contribution in [0.4, 0.5) is 18.9 Å². The Labute approximate surface area is 161 Å². The lowest BCUT2D eigenvalue weighted by molar-refractivity contribution is -0.137. The largest absolute Gasteiger partial charge is 0.508 e. The molecule has 0 atom stereocenters. The van der Waals surface area contributed by atoms with E-state index in [0.717, 1.165) is 23.3 Å². The van der Waals surface area contributed by atoms with Gasteiger partial charge in [0.2, 0.25) is 0 Å². The van der Waals surface area contributed by atoms with Crippen LogP contribution in [0.2, 0.25) is 0 Å². The van der Waals surface area contributed by atoms with Crippen molar-refractivity contribution in [3.8, 4) is 16.9 Å². The second-order valence-corrected chi connectivity index (χ2v) is 6.72. The summed E-state index contributed by atoms with van der Waals surface area (Å²) in [6.07, 6.45) is -4.50. The van der Waals surface area contributed by atoms with Crippen molar-refractivity contribution in [2.75, 3.05) is 5.32 Å². The van der Waals surface area contributed by atoms with Gasteiger partial charge in [-0.05, 0) is 53.6 Å². The average Bonchev–Trinajstić information content (AvgIpc) is 2.61. The molecule has 7 heteroatoms. The minimum Gasteiger partial charge on any atom is -0.508 e. The lowest BCUT2D eigenvalue weighted by Crippen LogP contribution is -2.13. The fourth-order valence-electron chi connectivity index (χ4n) is 2.50. The van der Waals surface area contributed by atoms with E-state index in [2.05, 4.69) is 21.2 Å².